The van der Waals surface area contributed by atoms with Crippen LogP contribution in [0.15, 0.2) is 36.5 Å². The molecule has 6 nitrogen and oxygen atoms in total. The maximum atomic E-state index is 12.9. The Balaban J connectivity index is 1.96. The molecule has 0 bridgehead atoms. The number of Topliss-reactive ketones (excluding diaryl/α,β-unsaturated/α-hetero) is 1. The van der Waals surface area contributed by atoms with Crippen LogP contribution in [0.3, 0.4) is 0 Å². The minimum absolute atomic E-state index is 0.152. The molecule has 3 heterocycles. The highest BCUT2D eigenvalue weighted by molar-refractivity contribution is 6.09. The second-order valence-corrected chi connectivity index (χ2v) is 7.32. The van der Waals surface area contributed by atoms with Gasteiger partial charge in [-0.25, -0.2) is 4.98 Å². The molecule has 1 unspecified atom stereocenters. The minimum Gasteiger partial charge on any atom is -0.481 e. The number of ether oxygens (including phenoxy) is 1. The Labute approximate surface area is 169 Å². The number of pyridine rings is 1. The molecule has 0 saturated carbocycles. The van der Waals surface area contributed by atoms with Gasteiger partial charge in [0.15, 0.2) is 11.4 Å². The lowest BCUT2D eigenvalue weighted by Gasteiger charge is -2.28. The summed E-state index contributed by atoms with van der Waals surface area (Å²) in [5, 5.41) is 0. The van der Waals surface area contributed by atoms with Crippen molar-refractivity contribution in [3.05, 3.63) is 64.6 Å². The Bertz CT molecular complexity index is 1170. The SMILES string of the molecule is C#CC(=O)c1c(C)nc2c3c(c(C(=O)N(C)C)cn12)CCC(c1ccccc1)O3. The van der Waals surface area contributed by atoms with Gasteiger partial charge in [-0.3, -0.25) is 14.0 Å². The van der Waals surface area contributed by atoms with Crippen LogP contribution in [0.4, 0.5) is 0 Å². The average molecular weight is 387 g/mol. The van der Waals surface area contributed by atoms with Crippen LogP contribution in [-0.2, 0) is 6.42 Å². The Hall–Kier alpha value is -3.59. The van der Waals surface area contributed by atoms with Gasteiger partial charge in [-0.15, -0.1) is 6.42 Å². The zero-order valence-electron chi connectivity index (χ0n) is 16.6. The van der Waals surface area contributed by atoms with E-state index in [4.69, 9.17) is 11.2 Å². The average Bonchev–Trinajstić information content (AvgIpc) is 3.08. The molecule has 0 spiro atoms. The van der Waals surface area contributed by atoms with E-state index in [1.807, 2.05) is 30.3 Å². The quantitative estimate of drug-likeness (QED) is 0.393. The number of hydrogen-bond acceptors (Lipinski definition) is 4. The summed E-state index contributed by atoms with van der Waals surface area (Å²) < 4.78 is 7.96. The third-order valence-electron chi connectivity index (χ3n) is 5.22. The highest BCUT2D eigenvalue weighted by Crippen LogP contribution is 2.40. The monoisotopic (exact) mass is 387 g/mol. The van der Waals surface area contributed by atoms with Crippen LogP contribution < -0.4 is 4.74 Å². The molecule has 4 rings (SSSR count). The summed E-state index contributed by atoms with van der Waals surface area (Å²) >= 11 is 0. The number of imidazole rings is 1. The number of terminal acetylenes is 1. The predicted molar refractivity (Wildman–Crippen MR) is 109 cm³/mol. The summed E-state index contributed by atoms with van der Waals surface area (Å²) in [5.74, 6) is 2.05. The molecule has 146 valence electrons. The second-order valence-electron chi connectivity index (χ2n) is 7.32. The fraction of sp³-hybridized carbons (Fsp3) is 0.261. The van der Waals surface area contributed by atoms with Gasteiger partial charge in [-0.2, -0.15) is 0 Å². The van der Waals surface area contributed by atoms with Crippen LogP contribution >= 0.6 is 0 Å². The highest BCUT2D eigenvalue weighted by atomic mass is 16.5. The summed E-state index contributed by atoms with van der Waals surface area (Å²) in [4.78, 5) is 31.3. The molecule has 6 heteroatoms. The molecule has 1 atom stereocenters. The largest absolute Gasteiger partial charge is 0.481 e. The van der Waals surface area contributed by atoms with Crippen LogP contribution in [0.25, 0.3) is 5.65 Å². The lowest BCUT2D eigenvalue weighted by Crippen LogP contribution is -2.26. The van der Waals surface area contributed by atoms with Gasteiger partial charge in [0, 0.05) is 25.9 Å². The van der Waals surface area contributed by atoms with Crippen molar-refractivity contribution >= 4 is 17.3 Å². The van der Waals surface area contributed by atoms with Crippen molar-refractivity contribution in [3.8, 4) is 18.1 Å². The van der Waals surface area contributed by atoms with Crippen molar-refractivity contribution in [2.45, 2.75) is 25.9 Å². The van der Waals surface area contributed by atoms with Crippen molar-refractivity contribution in [1.29, 1.82) is 0 Å². The number of carbonyl (C=O) groups is 2. The molecular formula is C23H21N3O3. The van der Waals surface area contributed by atoms with Crippen molar-refractivity contribution < 1.29 is 14.3 Å². The Morgan fingerprint density at radius 2 is 2.00 bits per heavy atom. The predicted octanol–water partition coefficient (Wildman–Crippen LogP) is 3.23. The van der Waals surface area contributed by atoms with Gasteiger partial charge in [0.2, 0.25) is 0 Å². The van der Waals surface area contributed by atoms with Crippen LogP contribution in [0.1, 0.15) is 50.2 Å². The lowest BCUT2D eigenvalue weighted by molar-refractivity contribution is 0.0822. The first-order valence-electron chi connectivity index (χ1n) is 9.41. The molecule has 0 radical (unpaired) electrons. The standard InChI is InChI=1S/C23H21N3O3/c1-5-18(27)20-14(2)24-22-21-16(17(13-26(20)22)23(28)25(3)4)11-12-19(29-21)15-9-7-6-8-10-15/h1,6-10,13,19H,11-12H2,2-4H3. The first-order chi connectivity index (χ1) is 13.9. The molecule has 1 aliphatic rings. The van der Waals surface area contributed by atoms with E-state index < -0.39 is 5.78 Å². The summed E-state index contributed by atoms with van der Waals surface area (Å²) in [6.07, 6.45) is 8.28. The maximum absolute atomic E-state index is 12.9. The number of carbonyl (C=O) groups excluding carboxylic acids is 2. The van der Waals surface area contributed by atoms with Crippen molar-refractivity contribution in [2.75, 3.05) is 14.1 Å². The molecule has 0 N–H and O–H groups in total. The molecule has 29 heavy (non-hydrogen) atoms. The first-order valence-corrected chi connectivity index (χ1v) is 9.41. The van der Waals surface area contributed by atoms with Crippen molar-refractivity contribution in [2.24, 2.45) is 0 Å². The minimum atomic E-state index is -0.478. The molecule has 1 amide bonds. The van der Waals surface area contributed by atoms with Crippen LogP contribution in [-0.4, -0.2) is 40.1 Å². The van der Waals surface area contributed by atoms with E-state index in [2.05, 4.69) is 10.9 Å². The summed E-state index contributed by atoms with van der Waals surface area (Å²) in [5.41, 5.74) is 3.66. The molecule has 0 saturated heterocycles. The van der Waals surface area contributed by atoms with E-state index in [0.717, 1.165) is 17.5 Å². The normalized spacial score (nSPS) is 15.3. The molecule has 0 aliphatic carbocycles. The molecule has 2 aromatic heterocycles. The number of benzene rings is 1. The van der Waals surface area contributed by atoms with Gasteiger partial charge >= 0.3 is 0 Å². The molecule has 3 aromatic rings. The van der Waals surface area contributed by atoms with Gasteiger partial charge in [0.05, 0.1) is 11.3 Å². The summed E-state index contributed by atoms with van der Waals surface area (Å²) in [6, 6.07) is 9.94. The zero-order chi connectivity index (χ0) is 20.7. The molecule has 1 aliphatic heterocycles. The van der Waals surface area contributed by atoms with E-state index in [1.165, 1.54) is 4.90 Å². The smallest absolute Gasteiger partial charge is 0.255 e. The summed E-state index contributed by atoms with van der Waals surface area (Å²) in [7, 11) is 3.39. The van der Waals surface area contributed by atoms with Gasteiger partial charge in [-0.1, -0.05) is 30.3 Å². The van der Waals surface area contributed by atoms with Gasteiger partial charge in [-0.05, 0) is 31.2 Å². The first kappa shape index (κ1) is 18.8. The third kappa shape index (κ3) is 3.05. The van der Waals surface area contributed by atoms with Crippen molar-refractivity contribution in [3.63, 3.8) is 0 Å². The number of aromatic nitrogens is 2. The van der Waals surface area contributed by atoms with Gasteiger partial charge in [0.1, 0.15) is 11.8 Å². The van der Waals surface area contributed by atoms with Crippen molar-refractivity contribution in [1.82, 2.24) is 14.3 Å². The van der Waals surface area contributed by atoms with E-state index >= 15 is 0 Å². The van der Waals surface area contributed by atoms with E-state index in [1.54, 1.807) is 31.6 Å². The van der Waals surface area contributed by atoms with E-state index in [9.17, 15) is 9.59 Å². The Morgan fingerprint density at radius 1 is 1.28 bits per heavy atom. The zero-order valence-corrected chi connectivity index (χ0v) is 16.6. The fourth-order valence-corrected chi connectivity index (χ4v) is 3.81. The second kappa shape index (κ2) is 7.10. The molecule has 1 aromatic carbocycles. The number of ketones is 1. The summed E-state index contributed by atoms with van der Waals surface area (Å²) in [6.45, 7) is 1.73. The highest BCUT2D eigenvalue weighted by Gasteiger charge is 2.31. The number of nitrogens with zero attached hydrogens (tertiary/aromatic N) is 3. The van der Waals surface area contributed by atoms with Gasteiger partial charge in [0.25, 0.3) is 11.7 Å². The fourth-order valence-electron chi connectivity index (χ4n) is 3.81. The van der Waals surface area contributed by atoms with Crippen LogP contribution in [0.2, 0.25) is 0 Å². The number of aryl methyl sites for hydroxylation is 1. The topological polar surface area (TPSA) is 63.9 Å². The maximum Gasteiger partial charge on any atom is 0.255 e. The number of fused-ring (bicyclic) bond motifs is 3. The third-order valence-corrected chi connectivity index (χ3v) is 5.22. The Morgan fingerprint density at radius 3 is 2.66 bits per heavy atom. The van der Waals surface area contributed by atoms with E-state index in [0.29, 0.717) is 29.1 Å². The Kier molecular flexibility index (Phi) is 4.59. The van der Waals surface area contributed by atoms with Crippen LogP contribution in [0.5, 0.6) is 5.75 Å². The number of hydrogen-bond donors (Lipinski definition) is 0. The molecular weight excluding hydrogens is 366 g/mol. The number of rotatable bonds is 3. The van der Waals surface area contributed by atoms with Crippen LogP contribution in [0, 0.1) is 19.3 Å². The van der Waals surface area contributed by atoms with Gasteiger partial charge < -0.3 is 9.64 Å². The number of amides is 1. The lowest BCUT2D eigenvalue weighted by atomic mass is 9.95. The molecule has 0 fully saturated rings. The van der Waals surface area contributed by atoms with E-state index in [-0.39, 0.29) is 17.7 Å².